The van der Waals surface area contributed by atoms with E-state index >= 15 is 0 Å². The van der Waals surface area contributed by atoms with Crippen molar-refractivity contribution in [3.63, 3.8) is 0 Å². The lowest BCUT2D eigenvalue weighted by Gasteiger charge is -2.11. The molecule has 8 heteroatoms. The molecule has 0 saturated heterocycles. The van der Waals surface area contributed by atoms with E-state index in [-0.39, 0.29) is 23.2 Å². The highest BCUT2D eigenvalue weighted by Gasteiger charge is 2.14. The third kappa shape index (κ3) is 5.29. The maximum absolute atomic E-state index is 11.9. The zero-order valence-electron chi connectivity index (χ0n) is 14.3. The number of aryl methyl sites for hydroxylation is 1. The SMILES string of the molecule is Cc1cccc(NC(=O)CNC(=O)COC(=O)c2cccnc2Cl)c1C. The zero-order chi connectivity index (χ0) is 19.1. The first-order valence-electron chi connectivity index (χ1n) is 7.79. The number of hydrogen-bond acceptors (Lipinski definition) is 5. The molecule has 1 heterocycles. The van der Waals surface area contributed by atoms with Gasteiger partial charge in [0.15, 0.2) is 6.61 Å². The molecule has 0 bridgehead atoms. The highest BCUT2D eigenvalue weighted by atomic mass is 35.5. The van der Waals surface area contributed by atoms with Gasteiger partial charge in [-0.3, -0.25) is 9.59 Å². The molecule has 0 aliphatic heterocycles. The Balaban J connectivity index is 1.78. The minimum atomic E-state index is -0.766. The van der Waals surface area contributed by atoms with Crippen LogP contribution in [0.1, 0.15) is 21.5 Å². The summed E-state index contributed by atoms with van der Waals surface area (Å²) in [6, 6.07) is 8.52. The monoisotopic (exact) mass is 375 g/mol. The maximum Gasteiger partial charge on any atom is 0.341 e. The number of aromatic nitrogens is 1. The lowest BCUT2D eigenvalue weighted by molar-refractivity contribution is -0.126. The number of halogens is 1. The van der Waals surface area contributed by atoms with Gasteiger partial charge in [0.1, 0.15) is 5.15 Å². The van der Waals surface area contributed by atoms with Crippen molar-refractivity contribution in [2.45, 2.75) is 13.8 Å². The fraction of sp³-hybridized carbons (Fsp3) is 0.222. The van der Waals surface area contributed by atoms with Gasteiger partial charge in [-0.05, 0) is 43.2 Å². The second kappa shape index (κ2) is 8.96. The number of hydrogen-bond donors (Lipinski definition) is 2. The summed E-state index contributed by atoms with van der Waals surface area (Å²) < 4.78 is 4.85. The summed E-state index contributed by atoms with van der Waals surface area (Å²) in [5, 5.41) is 5.09. The third-order valence-corrected chi connectivity index (χ3v) is 3.94. The Morgan fingerprint density at radius 3 is 2.62 bits per heavy atom. The van der Waals surface area contributed by atoms with Crippen LogP contribution in [0.3, 0.4) is 0 Å². The molecular weight excluding hydrogens is 358 g/mol. The Morgan fingerprint density at radius 2 is 1.88 bits per heavy atom. The number of amides is 2. The van der Waals surface area contributed by atoms with Gasteiger partial charge >= 0.3 is 5.97 Å². The van der Waals surface area contributed by atoms with Crippen molar-refractivity contribution < 1.29 is 19.1 Å². The van der Waals surface area contributed by atoms with Gasteiger partial charge < -0.3 is 15.4 Å². The number of nitrogens with zero attached hydrogens (tertiary/aromatic N) is 1. The molecule has 1 aromatic heterocycles. The number of anilines is 1. The van der Waals surface area contributed by atoms with Crippen LogP contribution >= 0.6 is 11.6 Å². The molecule has 0 aliphatic rings. The normalized spacial score (nSPS) is 10.1. The van der Waals surface area contributed by atoms with Crippen molar-refractivity contribution in [3.8, 4) is 0 Å². The molecule has 2 amide bonds. The van der Waals surface area contributed by atoms with Crippen molar-refractivity contribution >= 4 is 35.1 Å². The Hall–Kier alpha value is -2.93. The number of benzene rings is 1. The summed E-state index contributed by atoms with van der Waals surface area (Å²) >= 11 is 5.77. The Morgan fingerprint density at radius 1 is 1.12 bits per heavy atom. The lowest BCUT2D eigenvalue weighted by Crippen LogP contribution is -2.35. The smallest absolute Gasteiger partial charge is 0.341 e. The van der Waals surface area contributed by atoms with Crippen LogP contribution in [-0.2, 0) is 14.3 Å². The van der Waals surface area contributed by atoms with Crippen LogP contribution in [0.5, 0.6) is 0 Å². The van der Waals surface area contributed by atoms with Crippen LogP contribution in [0.4, 0.5) is 5.69 Å². The highest BCUT2D eigenvalue weighted by Crippen LogP contribution is 2.17. The van der Waals surface area contributed by atoms with Crippen molar-refractivity contribution in [2.75, 3.05) is 18.5 Å². The van der Waals surface area contributed by atoms with E-state index < -0.39 is 18.5 Å². The second-order valence-corrected chi connectivity index (χ2v) is 5.85. The molecule has 2 N–H and O–H groups in total. The van der Waals surface area contributed by atoms with Crippen LogP contribution in [-0.4, -0.2) is 35.9 Å². The zero-order valence-corrected chi connectivity index (χ0v) is 15.1. The fourth-order valence-corrected chi connectivity index (χ4v) is 2.25. The molecule has 0 fully saturated rings. The highest BCUT2D eigenvalue weighted by molar-refractivity contribution is 6.32. The number of nitrogens with one attached hydrogen (secondary N) is 2. The Bertz CT molecular complexity index is 839. The van der Waals surface area contributed by atoms with Crippen molar-refractivity contribution in [2.24, 2.45) is 0 Å². The fourth-order valence-electron chi connectivity index (χ4n) is 2.06. The van der Waals surface area contributed by atoms with Gasteiger partial charge in [0.25, 0.3) is 5.91 Å². The van der Waals surface area contributed by atoms with E-state index in [9.17, 15) is 14.4 Å². The molecule has 7 nitrogen and oxygen atoms in total. The number of carbonyl (C=O) groups is 3. The van der Waals surface area contributed by atoms with Crippen LogP contribution in [0.2, 0.25) is 5.15 Å². The van der Waals surface area contributed by atoms with Crippen LogP contribution < -0.4 is 10.6 Å². The molecule has 0 atom stereocenters. The van der Waals surface area contributed by atoms with E-state index in [0.717, 1.165) is 11.1 Å². The van der Waals surface area contributed by atoms with Crippen LogP contribution in [0.15, 0.2) is 36.5 Å². The third-order valence-electron chi connectivity index (χ3n) is 3.64. The Labute approximate surface area is 155 Å². The number of ether oxygens (including phenoxy) is 1. The summed E-state index contributed by atoms with van der Waals surface area (Å²) in [6.07, 6.45) is 1.43. The van der Waals surface area contributed by atoms with E-state index in [4.69, 9.17) is 16.3 Å². The molecule has 26 heavy (non-hydrogen) atoms. The van der Waals surface area contributed by atoms with Crippen LogP contribution in [0, 0.1) is 13.8 Å². The molecule has 0 spiro atoms. The second-order valence-electron chi connectivity index (χ2n) is 5.49. The first kappa shape index (κ1) is 19.4. The number of esters is 1. The predicted octanol–water partition coefficient (Wildman–Crippen LogP) is 2.26. The summed E-state index contributed by atoms with van der Waals surface area (Å²) in [5.41, 5.74) is 2.75. The molecule has 0 saturated carbocycles. The summed E-state index contributed by atoms with van der Waals surface area (Å²) in [5.74, 6) is -1.75. The topological polar surface area (TPSA) is 97.4 Å². The van der Waals surface area contributed by atoms with Gasteiger partial charge in [0.2, 0.25) is 5.91 Å². The predicted molar refractivity (Wildman–Crippen MR) is 97.1 cm³/mol. The standard InChI is InChI=1S/C18H18ClN3O4/c1-11-5-3-7-14(12(11)2)22-15(23)9-21-16(24)10-26-18(25)13-6-4-8-20-17(13)19/h3-8H,9-10H2,1-2H3,(H,21,24)(H,22,23). The largest absolute Gasteiger partial charge is 0.452 e. The van der Waals surface area contributed by atoms with Gasteiger partial charge in [-0.15, -0.1) is 0 Å². The summed E-state index contributed by atoms with van der Waals surface area (Å²) in [6.45, 7) is 3.07. The van der Waals surface area contributed by atoms with Crippen molar-refractivity contribution in [3.05, 3.63) is 58.4 Å². The molecule has 2 rings (SSSR count). The average molecular weight is 376 g/mol. The molecular formula is C18H18ClN3O4. The van der Waals surface area contributed by atoms with Crippen molar-refractivity contribution in [1.82, 2.24) is 10.3 Å². The average Bonchev–Trinajstić information content (AvgIpc) is 2.62. The number of rotatable bonds is 6. The quantitative estimate of drug-likeness (QED) is 0.596. The van der Waals surface area contributed by atoms with E-state index in [2.05, 4.69) is 15.6 Å². The van der Waals surface area contributed by atoms with Gasteiger partial charge in [-0.1, -0.05) is 23.7 Å². The van der Waals surface area contributed by atoms with Crippen LogP contribution in [0.25, 0.3) is 0 Å². The van der Waals surface area contributed by atoms with E-state index in [1.807, 2.05) is 26.0 Å². The maximum atomic E-state index is 11.9. The van der Waals surface area contributed by atoms with Gasteiger partial charge in [0, 0.05) is 11.9 Å². The number of pyridine rings is 1. The van der Waals surface area contributed by atoms with Gasteiger partial charge in [-0.2, -0.15) is 0 Å². The van der Waals surface area contributed by atoms with Gasteiger partial charge in [-0.25, -0.2) is 9.78 Å². The molecule has 136 valence electrons. The van der Waals surface area contributed by atoms with Crippen molar-refractivity contribution in [1.29, 1.82) is 0 Å². The molecule has 0 radical (unpaired) electrons. The Kier molecular flexibility index (Phi) is 6.68. The minimum absolute atomic E-state index is 0.00851. The first-order valence-corrected chi connectivity index (χ1v) is 8.16. The molecule has 0 unspecified atom stereocenters. The summed E-state index contributed by atoms with van der Waals surface area (Å²) in [4.78, 5) is 39.2. The lowest BCUT2D eigenvalue weighted by atomic mass is 10.1. The van der Waals surface area contributed by atoms with E-state index in [0.29, 0.717) is 5.69 Å². The van der Waals surface area contributed by atoms with E-state index in [1.165, 1.54) is 18.3 Å². The van der Waals surface area contributed by atoms with Gasteiger partial charge in [0.05, 0.1) is 12.1 Å². The number of carbonyl (C=O) groups excluding carboxylic acids is 3. The molecule has 0 aliphatic carbocycles. The van der Waals surface area contributed by atoms with E-state index in [1.54, 1.807) is 6.07 Å². The minimum Gasteiger partial charge on any atom is -0.452 e. The summed E-state index contributed by atoms with van der Waals surface area (Å²) in [7, 11) is 0. The molecule has 2 aromatic rings. The molecule has 1 aromatic carbocycles. The first-order chi connectivity index (χ1) is 12.4.